The number of rotatable bonds is 6. The van der Waals surface area contributed by atoms with Gasteiger partial charge < -0.3 is 20.4 Å². The van der Waals surface area contributed by atoms with Crippen LogP contribution in [0.1, 0.15) is 6.92 Å². The van der Waals surface area contributed by atoms with E-state index in [1.807, 2.05) is 18.2 Å². The molecule has 0 amide bonds. The van der Waals surface area contributed by atoms with Crippen molar-refractivity contribution in [3.05, 3.63) is 47.1 Å². The summed E-state index contributed by atoms with van der Waals surface area (Å²) in [7, 11) is 1.69. The summed E-state index contributed by atoms with van der Waals surface area (Å²) in [6, 6.07) is 7.60. The van der Waals surface area contributed by atoms with Crippen molar-refractivity contribution in [3.63, 3.8) is 0 Å². The van der Waals surface area contributed by atoms with Gasteiger partial charge in [-0.2, -0.15) is 0 Å². The molecule has 0 saturated heterocycles. The molecule has 0 aliphatic heterocycles. The van der Waals surface area contributed by atoms with E-state index in [-0.39, 0.29) is 11.2 Å². The second-order valence-electron chi connectivity index (χ2n) is 5.67. The number of hydrogen-bond donors (Lipinski definition) is 2. The van der Waals surface area contributed by atoms with Crippen LogP contribution in [0.2, 0.25) is 0 Å². The average Bonchev–Trinajstić information content (AvgIpc) is 2.64. The van der Waals surface area contributed by atoms with Crippen LogP contribution in [-0.4, -0.2) is 41.8 Å². The molecule has 3 N–H and O–H groups in total. The Kier molecular flexibility index (Phi) is 4.95. The number of ether oxygens (including phenoxy) is 1. The van der Waals surface area contributed by atoms with Gasteiger partial charge in [-0.25, -0.2) is 9.97 Å². The number of aromatic nitrogens is 3. The van der Waals surface area contributed by atoms with Gasteiger partial charge in [0.25, 0.3) is 5.56 Å². The van der Waals surface area contributed by atoms with Gasteiger partial charge in [-0.05, 0) is 30.7 Å². The number of methoxy groups -OCH3 is 1. The Morgan fingerprint density at radius 3 is 2.80 bits per heavy atom. The summed E-state index contributed by atoms with van der Waals surface area (Å²) < 4.78 is 5.19. The highest BCUT2D eigenvalue weighted by molar-refractivity contribution is 5.93. The third kappa shape index (κ3) is 3.46. The molecule has 7 nitrogen and oxygen atoms in total. The van der Waals surface area contributed by atoms with Crippen molar-refractivity contribution in [1.82, 2.24) is 15.0 Å². The summed E-state index contributed by atoms with van der Waals surface area (Å²) in [5, 5.41) is 0.947. The Bertz CT molecular complexity index is 938. The van der Waals surface area contributed by atoms with Crippen LogP contribution in [0.15, 0.2) is 41.6 Å². The summed E-state index contributed by atoms with van der Waals surface area (Å²) in [5.74, 6) is 0.865. The van der Waals surface area contributed by atoms with Gasteiger partial charge in [-0.1, -0.05) is 6.07 Å². The van der Waals surface area contributed by atoms with Crippen LogP contribution in [0.5, 0.6) is 0 Å². The molecule has 0 saturated carbocycles. The number of nitrogen functional groups attached to an aromatic ring is 1. The number of fused-ring (bicyclic) bond motifs is 1. The third-order valence-corrected chi connectivity index (χ3v) is 4.13. The maximum atomic E-state index is 11.5. The number of nitrogens with zero attached hydrogens (tertiary/aromatic N) is 3. The van der Waals surface area contributed by atoms with Crippen molar-refractivity contribution in [3.8, 4) is 11.1 Å². The Hall–Kier alpha value is -2.93. The van der Waals surface area contributed by atoms with Gasteiger partial charge in [0.05, 0.1) is 17.8 Å². The van der Waals surface area contributed by atoms with Crippen LogP contribution in [0.3, 0.4) is 0 Å². The highest BCUT2D eigenvalue weighted by atomic mass is 16.5. The summed E-state index contributed by atoms with van der Waals surface area (Å²) >= 11 is 0. The molecule has 0 aliphatic rings. The normalized spacial score (nSPS) is 11.0. The van der Waals surface area contributed by atoms with E-state index in [2.05, 4.69) is 26.8 Å². The summed E-state index contributed by atoms with van der Waals surface area (Å²) in [6.07, 6.45) is 3.23. The number of nitrogens with two attached hydrogens (primary N) is 1. The summed E-state index contributed by atoms with van der Waals surface area (Å²) in [4.78, 5) is 25.1. The minimum Gasteiger partial charge on any atom is -0.394 e. The van der Waals surface area contributed by atoms with Gasteiger partial charge in [0.1, 0.15) is 12.1 Å². The van der Waals surface area contributed by atoms with Crippen molar-refractivity contribution < 1.29 is 4.74 Å². The minimum absolute atomic E-state index is 0.192. The number of pyridine rings is 1. The molecule has 2 aromatic heterocycles. The zero-order valence-electron chi connectivity index (χ0n) is 14.3. The molecule has 130 valence electrons. The van der Waals surface area contributed by atoms with E-state index in [1.165, 1.54) is 0 Å². The predicted molar refractivity (Wildman–Crippen MR) is 99.8 cm³/mol. The zero-order chi connectivity index (χ0) is 17.8. The highest BCUT2D eigenvalue weighted by Gasteiger charge is 2.12. The van der Waals surface area contributed by atoms with E-state index in [4.69, 9.17) is 10.5 Å². The van der Waals surface area contributed by atoms with Gasteiger partial charge in [-0.3, -0.25) is 4.79 Å². The lowest BCUT2D eigenvalue weighted by atomic mass is 10.0. The van der Waals surface area contributed by atoms with Crippen molar-refractivity contribution in [2.24, 2.45) is 0 Å². The second kappa shape index (κ2) is 7.31. The number of aromatic amines is 1. The second-order valence-corrected chi connectivity index (χ2v) is 5.67. The topological polar surface area (TPSA) is 97.1 Å². The fourth-order valence-corrected chi connectivity index (χ4v) is 2.76. The minimum atomic E-state index is -0.287. The van der Waals surface area contributed by atoms with Crippen molar-refractivity contribution in [2.75, 3.05) is 37.4 Å². The molecule has 7 heteroatoms. The predicted octanol–water partition coefficient (Wildman–Crippen LogP) is 2.04. The molecule has 0 aliphatic carbocycles. The maximum Gasteiger partial charge on any atom is 0.271 e. The first-order chi connectivity index (χ1) is 12.1. The number of anilines is 2. The van der Waals surface area contributed by atoms with Gasteiger partial charge in [0.15, 0.2) is 0 Å². The number of nitrogens with one attached hydrogen (secondary N) is 1. The average molecular weight is 339 g/mol. The van der Waals surface area contributed by atoms with Crippen LogP contribution < -0.4 is 16.2 Å². The van der Waals surface area contributed by atoms with E-state index in [0.717, 1.165) is 40.9 Å². The van der Waals surface area contributed by atoms with Gasteiger partial charge in [0.2, 0.25) is 0 Å². The van der Waals surface area contributed by atoms with E-state index >= 15 is 0 Å². The molecule has 3 aromatic rings. The first-order valence-corrected chi connectivity index (χ1v) is 8.11. The van der Waals surface area contributed by atoms with Crippen LogP contribution in [0, 0.1) is 0 Å². The summed E-state index contributed by atoms with van der Waals surface area (Å²) in [5.41, 5.74) is 8.28. The van der Waals surface area contributed by atoms with E-state index < -0.39 is 0 Å². The van der Waals surface area contributed by atoms with Crippen LogP contribution >= 0.6 is 0 Å². The number of benzene rings is 1. The molecule has 0 spiro atoms. The monoisotopic (exact) mass is 339 g/mol. The Balaban J connectivity index is 2.10. The molecule has 2 heterocycles. The molecule has 3 rings (SSSR count). The molecule has 0 unspecified atom stereocenters. The Morgan fingerprint density at radius 2 is 2.08 bits per heavy atom. The van der Waals surface area contributed by atoms with E-state index in [1.54, 1.807) is 25.7 Å². The largest absolute Gasteiger partial charge is 0.394 e. The van der Waals surface area contributed by atoms with Gasteiger partial charge >= 0.3 is 0 Å². The van der Waals surface area contributed by atoms with Crippen LogP contribution in [-0.2, 0) is 4.74 Å². The smallest absolute Gasteiger partial charge is 0.271 e. The lowest BCUT2D eigenvalue weighted by Crippen LogP contribution is -2.27. The molecule has 1 aromatic carbocycles. The van der Waals surface area contributed by atoms with E-state index in [0.29, 0.717) is 6.61 Å². The lowest BCUT2D eigenvalue weighted by Gasteiger charge is -2.22. The first-order valence-electron chi connectivity index (χ1n) is 8.11. The molecule has 0 fully saturated rings. The molecule has 0 radical (unpaired) electrons. The standard InChI is InChI=1S/C18H21N5O2/c1-3-23(6-7-25-2)17-14-8-12(4-5-16(14)21-11-22-17)13-9-15(19)18(24)20-10-13/h4-5,8-11H,3,6-7,19H2,1-2H3,(H,20,24). The fourth-order valence-electron chi connectivity index (χ4n) is 2.76. The van der Waals surface area contributed by atoms with E-state index in [9.17, 15) is 4.79 Å². The number of likely N-dealkylation sites (N-methyl/N-ethyl adjacent to an activating group) is 1. The van der Waals surface area contributed by atoms with Crippen molar-refractivity contribution in [2.45, 2.75) is 6.92 Å². The van der Waals surface area contributed by atoms with Crippen LogP contribution in [0.25, 0.3) is 22.0 Å². The van der Waals surface area contributed by atoms with Crippen LogP contribution in [0.4, 0.5) is 11.5 Å². The highest BCUT2D eigenvalue weighted by Crippen LogP contribution is 2.28. The lowest BCUT2D eigenvalue weighted by molar-refractivity contribution is 0.205. The van der Waals surface area contributed by atoms with Crippen molar-refractivity contribution in [1.29, 1.82) is 0 Å². The Morgan fingerprint density at radius 1 is 1.24 bits per heavy atom. The van der Waals surface area contributed by atoms with Gasteiger partial charge in [-0.15, -0.1) is 0 Å². The Labute approximate surface area is 145 Å². The molecule has 25 heavy (non-hydrogen) atoms. The number of hydrogen-bond acceptors (Lipinski definition) is 6. The third-order valence-electron chi connectivity index (χ3n) is 4.13. The number of H-pyrrole nitrogens is 1. The molecular weight excluding hydrogens is 318 g/mol. The summed E-state index contributed by atoms with van der Waals surface area (Å²) in [6.45, 7) is 4.26. The molecule has 0 bridgehead atoms. The zero-order valence-corrected chi connectivity index (χ0v) is 14.3. The van der Waals surface area contributed by atoms with Gasteiger partial charge in [0, 0.05) is 37.3 Å². The quantitative estimate of drug-likeness (QED) is 0.713. The first kappa shape index (κ1) is 16.9. The maximum absolute atomic E-state index is 11.5. The SMILES string of the molecule is CCN(CCOC)c1ncnc2ccc(-c3c[nH]c(=O)c(N)c3)cc12. The fraction of sp³-hybridized carbons (Fsp3) is 0.278. The molecule has 0 atom stereocenters. The van der Waals surface area contributed by atoms with Crippen molar-refractivity contribution >= 4 is 22.4 Å². The molecular formula is C18H21N5O2.